The van der Waals surface area contributed by atoms with Gasteiger partial charge in [-0.05, 0) is 56.2 Å². The van der Waals surface area contributed by atoms with Crippen molar-refractivity contribution in [1.29, 1.82) is 0 Å². The molecular weight excluding hydrogens is 404 g/mol. The van der Waals surface area contributed by atoms with E-state index in [1.165, 1.54) is 5.56 Å². The molecule has 31 heavy (non-hydrogen) atoms. The third-order valence-corrected chi connectivity index (χ3v) is 8.18. The zero-order chi connectivity index (χ0) is 22.6. The first kappa shape index (κ1) is 23.7. The number of aryl methyl sites for hydroxylation is 1. The Morgan fingerprint density at radius 1 is 1.13 bits per heavy atom. The number of nitrogens with one attached hydrogen (secondary N) is 1. The Labute approximate surface area is 188 Å². The number of hydrogen-bond acceptors (Lipinski definition) is 3. The molecular formula is C26H36N2O2S. The molecule has 0 aliphatic carbocycles. The third-order valence-electron chi connectivity index (χ3n) is 6.24. The van der Waals surface area contributed by atoms with Gasteiger partial charge in [0, 0.05) is 25.2 Å². The number of nitrogens with zero attached hydrogens (tertiary/aromatic N) is 1. The summed E-state index contributed by atoms with van der Waals surface area (Å²) in [5.41, 5.74) is 3.37. The second kappa shape index (κ2) is 10.1. The maximum absolute atomic E-state index is 13.7. The molecule has 0 unspecified atom stereocenters. The number of sulfonamides is 1. The highest BCUT2D eigenvalue weighted by atomic mass is 32.2. The van der Waals surface area contributed by atoms with Crippen LogP contribution < -0.4 is 5.32 Å². The minimum atomic E-state index is -3.57. The van der Waals surface area contributed by atoms with E-state index in [1.54, 1.807) is 16.4 Å². The molecule has 5 heteroatoms. The maximum atomic E-state index is 13.7. The summed E-state index contributed by atoms with van der Waals surface area (Å²) in [4.78, 5) is 0.377. The summed E-state index contributed by atoms with van der Waals surface area (Å²) in [6, 6.07) is 17.4. The normalized spacial score (nSPS) is 22.5. The summed E-state index contributed by atoms with van der Waals surface area (Å²) < 4.78 is 29.1. The molecule has 0 radical (unpaired) electrons. The van der Waals surface area contributed by atoms with Crippen molar-refractivity contribution in [3.8, 4) is 0 Å². The largest absolute Gasteiger partial charge is 0.308 e. The molecule has 0 spiro atoms. The number of rotatable bonds is 8. The molecule has 168 valence electrons. The standard InChI is InChI=1S/C26H36N2O2S/c1-19(2)17-25-26(27-18-22-9-7-6-8-10-22)24(20(3)4)15-16-28(25)31(29,30)23-13-11-21(5)12-14-23/h6-14,19,24-27H,3,15-18H2,1-2,4-5H3/t24-,25-,26+/m0/s1. The van der Waals surface area contributed by atoms with E-state index < -0.39 is 10.0 Å². The SMILES string of the molecule is C=C(C)[C@@H]1CCN(S(=O)(=O)c2ccc(C)cc2)[C@@H](CC(C)C)[C@@H]1NCc1ccccc1. The highest BCUT2D eigenvalue weighted by Crippen LogP contribution is 2.35. The van der Waals surface area contributed by atoms with Gasteiger partial charge < -0.3 is 5.32 Å². The van der Waals surface area contributed by atoms with Crippen LogP contribution in [0.4, 0.5) is 0 Å². The van der Waals surface area contributed by atoms with Crippen LogP contribution in [0.2, 0.25) is 0 Å². The fraction of sp³-hybridized carbons (Fsp3) is 0.462. The van der Waals surface area contributed by atoms with Gasteiger partial charge in [-0.1, -0.05) is 74.0 Å². The van der Waals surface area contributed by atoms with Gasteiger partial charge in [0.2, 0.25) is 10.0 Å². The van der Waals surface area contributed by atoms with E-state index >= 15 is 0 Å². The van der Waals surface area contributed by atoms with Crippen molar-refractivity contribution in [2.45, 2.75) is 64.1 Å². The van der Waals surface area contributed by atoms with Gasteiger partial charge in [0.1, 0.15) is 0 Å². The van der Waals surface area contributed by atoms with Gasteiger partial charge >= 0.3 is 0 Å². The molecule has 1 N–H and O–H groups in total. The molecule has 0 saturated carbocycles. The molecule has 1 fully saturated rings. The van der Waals surface area contributed by atoms with E-state index in [0.29, 0.717) is 23.9 Å². The smallest absolute Gasteiger partial charge is 0.243 e. The van der Waals surface area contributed by atoms with Crippen molar-refractivity contribution in [1.82, 2.24) is 9.62 Å². The second-order valence-electron chi connectivity index (χ2n) is 9.26. The van der Waals surface area contributed by atoms with E-state index in [9.17, 15) is 8.42 Å². The van der Waals surface area contributed by atoms with E-state index in [2.05, 4.69) is 44.8 Å². The van der Waals surface area contributed by atoms with Crippen molar-refractivity contribution in [2.75, 3.05) is 6.54 Å². The Morgan fingerprint density at radius 3 is 2.35 bits per heavy atom. The summed E-state index contributed by atoms with van der Waals surface area (Å²) >= 11 is 0. The topological polar surface area (TPSA) is 49.4 Å². The first-order valence-corrected chi connectivity index (χ1v) is 12.7. The number of piperidine rings is 1. The maximum Gasteiger partial charge on any atom is 0.243 e. The van der Waals surface area contributed by atoms with Crippen molar-refractivity contribution >= 4 is 10.0 Å². The van der Waals surface area contributed by atoms with Gasteiger partial charge in [0.15, 0.2) is 0 Å². The molecule has 1 heterocycles. The fourth-order valence-corrected chi connectivity index (χ4v) is 6.28. The Hall–Kier alpha value is -1.95. The number of benzene rings is 2. The van der Waals surface area contributed by atoms with Crippen LogP contribution in [-0.4, -0.2) is 31.4 Å². The summed E-state index contributed by atoms with van der Waals surface area (Å²) in [5, 5.41) is 3.72. The van der Waals surface area contributed by atoms with E-state index in [4.69, 9.17) is 0 Å². The summed E-state index contributed by atoms with van der Waals surface area (Å²) in [7, 11) is -3.57. The van der Waals surface area contributed by atoms with Crippen LogP contribution in [0.15, 0.2) is 71.6 Å². The van der Waals surface area contributed by atoms with Gasteiger partial charge in [-0.15, -0.1) is 0 Å². The quantitative estimate of drug-likeness (QED) is 0.577. The molecule has 3 rings (SSSR count). The molecule has 1 saturated heterocycles. The molecule has 1 aliphatic heterocycles. The van der Waals surface area contributed by atoms with E-state index in [1.807, 2.05) is 37.3 Å². The van der Waals surface area contributed by atoms with E-state index in [-0.39, 0.29) is 18.0 Å². The Balaban J connectivity index is 1.95. The van der Waals surface area contributed by atoms with Crippen molar-refractivity contribution in [3.05, 3.63) is 77.9 Å². The predicted molar refractivity (Wildman–Crippen MR) is 128 cm³/mol. The second-order valence-corrected chi connectivity index (χ2v) is 11.2. The van der Waals surface area contributed by atoms with Crippen molar-refractivity contribution in [3.63, 3.8) is 0 Å². The van der Waals surface area contributed by atoms with Gasteiger partial charge in [0.25, 0.3) is 0 Å². The monoisotopic (exact) mass is 440 g/mol. The Bertz CT molecular complexity index is 968. The molecule has 2 aromatic rings. The van der Waals surface area contributed by atoms with Gasteiger partial charge in [-0.25, -0.2) is 8.42 Å². The van der Waals surface area contributed by atoms with Crippen LogP contribution in [0.5, 0.6) is 0 Å². The summed E-state index contributed by atoms with van der Waals surface area (Å²) in [6.45, 7) is 13.8. The van der Waals surface area contributed by atoms with Crippen LogP contribution in [0, 0.1) is 18.8 Å². The minimum absolute atomic E-state index is 0.0223. The molecule has 2 aromatic carbocycles. The average molecular weight is 441 g/mol. The van der Waals surface area contributed by atoms with Crippen molar-refractivity contribution in [2.24, 2.45) is 11.8 Å². The highest BCUT2D eigenvalue weighted by molar-refractivity contribution is 7.89. The van der Waals surface area contributed by atoms with Gasteiger partial charge in [0.05, 0.1) is 4.90 Å². The minimum Gasteiger partial charge on any atom is -0.308 e. The number of hydrogen-bond donors (Lipinski definition) is 1. The Morgan fingerprint density at radius 2 is 1.77 bits per heavy atom. The van der Waals surface area contributed by atoms with Crippen LogP contribution in [0.25, 0.3) is 0 Å². The lowest BCUT2D eigenvalue weighted by Crippen LogP contribution is -2.60. The van der Waals surface area contributed by atoms with Gasteiger partial charge in [-0.3, -0.25) is 0 Å². The summed E-state index contributed by atoms with van der Waals surface area (Å²) in [5.74, 6) is 0.627. The van der Waals surface area contributed by atoms with Crippen LogP contribution in [0.1, 0.15) is 44.7 Å². The lowest BCUT2D eigenvalue weighted by Gasteiger charge is -2.46. The lowest BCUT2D eigenvalue weighted by atomic mass is 9.79. The Kier molecular flexibility index (Phi) is 7.73. The van der Waals surface area contributed by atoms with Crippen LogP contribution in [0.3, 0.4) is 0 Å². The third kappa shape index (κ3) is 5.65. The van der Waals surface area contributed by atoms with E-state index in [0.717, 1.165) is 24.0 Å². The van der Waals surface area contributed by atoms with Crippen molar-refractivity contribution < 1.29 is 8.42 Å². The molecule has 4 nitrogen and oxygen atoms in total. The zero-order valence-corrected chi connectivity index (χ0v) is 20.0. The summed E-state index contributed by atoms with van der Waals surface area (Å²) in [6.07, 6.45) is 1.59. The first-order chi connectivity index (χ1) is 14.7. The lowest BCUT2D eigenvalue weighted by molar-refractivity contribution is 0.136. The zero-order valence-electron chi connectivity index (χ0n) is 19.2. The molecule has 0 bridgehead atoms. The molecule has 0 aromatic heterocycles. The van der Waals surface area contributed by atoms with Crippen LogP contribution in [-0.2, 0) is 16.6 Å². The van der Waals surface area contributed by atoms with Crippen LogP contribution >= 0.6 is 0 Å². The first-order valence-electron chi connectivity index (χ1n) is 11.2. The average Bonchev–Trinajstić information content (AvgIpc) is 2.73. The molecule has 0 amide bonds. The fourth-order valence-electron chi connectivity index (χ4n) is 4.61. The highest BCUT2D eigenvalue weighted by Gasteiger charge is 2.43. The predicted octanol–water partition coefficient (Wildman–Crippen LogP) is 5.15. The van der Waals surface area contributed by atoms with Gasteiger partial charge in [-0.2, -0.15) is 4.31 Å². The molecule has 3 atom stereocenters. The molecule has 1 aliphatic rings.